The zero-order valence-corrected chi connectivity index (χ0v) is 20.7. The monoisotopic (exact) mass is 478 g/mol. The lowest BCUT2D eigenvalue weighted by atomic mass is 10.0. The minimum atomic E-state index is 0.590. The highest BCUT2D eigenvalue weighted by molar-refractivity contribution is 5.75. The lowest BCUT2D eigenvalue weighted by Crippen LogP contribution is -2.08. The molecular formula is C30H30N4O2. The Morgan fingerprint density at radius 2 is 0.944 bits per heavy atom. The molecule has 0 aliphatic carbocycles. The predicted octanol–water partition coefficient (Wildman–Crippen LogP) is 6.04. The fourth-order valence-corrected chi connectivity index (χ4v) is 4.33. The van der Waals surface area contributed by atoms with E-state index in [1.807, 2.05) is 45.8 Å². The minimum Gasteiger partial charge on any atom is -0.383 e. The number of benzene rings is 3. The first-order valence-electron chi connectivity index (χ1n) is 12.1. The molecule has 0 unspecified atom stereocenters. The van der Waals surface area contributed by atoms with Crippen LogP contribution in [0.4, 0.5) is 0 Å². The van der Waals surface area contributed by atoms with Crippen LogP contribution in [0.5, 0.6) is 0 Å². The molecule has 0 aliphatic rings. The molecule has 0 atom stereocenters. The largest absolute Gasteiger partial charge is 0.383 e. The molecule has 2 aromatic heterocycles. The third-order valence-electron chi connectivity index (χ3n) is 6.17. The van der Waals surface area contributed by atoms with Crippen molar-refractivity contribution in [2.45, 2.75) is 13.1 Å². The summed E-state index contributed by atoms with van der Waals surface area (Å²) in [4.78, 5) is 0. The van der Waals surface area contributed by atoms with E-state index in [0.717, 1.165) is 45.0 Å². The third-order valence-corrected chi connectivity index (χ3v) is 6.17. The first-order valence-corrected chi connectivity index (χ1v) is 12.1. The molecule has 36 heavy (non-hydrogen) atoms. The second-order valence-electron chi connectivity index (χ2n) is 8.57. The average Bonchev–Trinajstić information content (AvgIpc) is 3.57. The molecule has 0 fully saturated rings. The van der Waals surface area contributed by atoms with Crippen LogP contribution < -0.4 is 0 Å². The van der Waals surface area contributed by atoms with Gasteiger partial charge in [0.2, 0.25) is 0 Å². The van der Waals surface area contributed by atoms with Crippen LogP contribution in [-0.2, 0) is 22.6 Å². The molecule has 0 saturated heterocycles. The molecular weight excluding hydrogens is 448 g/mol. The fourth-order valence-electron chi connectivity index (χ4n) is 4.33. The lowest BCUT2D eigenvalue weighted by Gasteiger charge is -2.10. The van der Waals surface area contributed by atoms with Gasteiger partial charge in [0.25, 0.3) is 0 Å². The van der Waals surface area contributed by atoms with Crippen LogP contribution in [0.25, 0.3) is 45.0 Å². The maximum atomic E-state index is 5.36. The van der Waals surface area contributed by atoms with Crippen molar-refractivity contribution in [1.29, 1.82) is 0 Å². The smallest absolute Gasteiger partial charge is 0.0929 e. The molecule has 0 N–H and O–H groups in total. The second-order valence-corrected chi connectivity index (χ2v) is 8.57. The first-order chi connectivity index (χ1) is 17.8. The van der Waals surface area contributed by atoms with Crippen LogP contribution in [-0.4, -0.2) is 47.0 Å². The summed E-state index contributed by atoms with van der Waals surface area (Å²) in [6.07, 6.45) is 0. The Morgan fingerprint density at radius 3 is 1.36 bits per heavy atom. The predicted molar refractivity (Wildman–Crippen MR) is 144 cm³/mol. The molecule has 2 heterocycles. The van der Waals surface area contributed by atoms with Gasteiger partial charge in [-0.15, -0.1) is 0 Å². The molecule has 0 bridgehead atoms. The highest BCUT2D eigenvalue weighted by Crippen LogP contribution is 2.31. The van der Waals surface area contributed by atoms with Crippen molar-refractivity contribution in [2.24, 2.45) is 0 Å². The topological polar surface area (TPSA) is 54.1 Å². The number of hydrogen-bond donors (Lipinski definition) is 0. The van der Waals surface area contributed by atoms with Crippen LogP contribution in [0.2, 0.25) is 0 Å². The Balaban J connectivity index is 1.56. The van der Waals surface area contributed by atoms with Crippen LogP contribution in [0.15, 0.2) is 97.1 Å². The summed E-state index contributed by atoms with van der Waals surface area (Å²) in [6.45, 7) is 2.53. The summed E-state index contributed by atoms with van der Waals surface area (Å²) in [5.41, 5.74) is 8.38. The van der Waals surface area contributed by atoms with Gasteiger partial charge in [0.05, 0.1) is 49.1 Å². The molecule has 6 heteroatoms. The van der Waals surface area contributed by atoms with Gasteiger partial charge in [-0.3, -0.25) is 9.36 Å². The SMILES string of the molecule is COCCn1nc(-c2ccccc2)cc1-c1cccc(-c2cc(-c3ccccc3)nn2CCOC)c1. The minimum absolute atomic E-state index is 0.590. The number of rotatable bonds is 10. The summed E-state index contributed by atoms with van der Waals surface area (Å²) in [5.74, 6) is 0. The molecule has 0 amide bonds. The van der Waals surface area contributed by atoms with Gasteiger partial charge in [-0.2, -0.15) is 10.2 Å². The second kappa shape index (κ2) is 11.2. The number of ether oxygens (including phenoxy) is 2. The molecule has 6 nitrogen and oxygen atoms in total. The first kappa shape index (κ1) is 23.7. The molecule has 0 saturated carbocycles. The molecule has 5 rings (SSSR count). The van der Waals surface area contributed by atoms with E-state index in [1.165, 1.54) is 0 Å². The average molecular weight is 479 g/mol. The van der Waals surface area contributed by atoms with E-state index in [4.69, 9.17) is 19.7 Å². The van der Waals surface area contributed by atoms with E-state index in [2.05, 4.69) is 60.7 Å². The van der Waals surface area contributed by atoms with E-state index in [-0.39, 0.29) is 0 Å². The lowest BCUT2D eigenvalue weighted by molar-refractivity contribution is 0.184. The number of aromatic nitrogens is 4. The molecule has 5 aromatic rings. The quantitative estimate of drug-likeness (QED) is 0.246. The van der Waals surface area contributed by atoms with Gasteiger partial charge in [-0.25, -0.2) is 0 Å². The van der Waals surface area contributed by atoms with Gasteiger partial charge >= 0.3 is 0 Å². The van der Waals surface area contributed by atoms with Gasteiger partial charge in [0.1, 0.15) is 0 Å². The summed E-state index contributed by atoms with van der Waals surface area (Å²) in [5, 5.41) is 9.80. The van der Waals surface area contributed by atoms with Crippen molar-refractivity contribution in [1.82, 2.24) is 19.6 Å². The van der Waals surface area contributed by atoms with Gasteiger partial charge in [0.15, 0.2) is 0 Å². The molecule has 0 spiro atoms. The summed E-state index contributed by atoms with van der Waals surface area (Å²) >= 11 is 0. The van der Waals surface area contributed by atoms with Crippen molar-refractivity contribution in [3.63, 3.8) is 0 Å². The zero-order valence-electron chi connectivity index (χ0n) is 20.7. The van der Waals surface area contributed by atoms with Gasteiger partial charge in [-0.05, 0) is 18.2 Å². The Kier molecular flexibility index (Phi) is 7.36. The maximum absolute atomic E-state index is 5.36. The Bertz CT molecular complexity index is 1300. The maximum Gasteiger partial charge on any atom is 0.0929 e. The highest BCUT2D eigenvalue weighted by atomic mass is 16.5. The Labute approximate surface area is 211 Å². The Hall–Kier alpha value is -4.00. The standard InChI is InChI=1S/C30H30N4O2/c1-35-18-16-33-29(21-27(31-33)23-10-5-3-6-11-23)25-14-9-15-26(20-25)30-22-28(24-12-7-4-8-13-24)32-34(30)17-19-36-2/h3-15,20-22H,16-19H2,1-2H3. The summed E-state index contributed by atoms with van der Waals surface area (Å²) in [6, 6.07) is 33.4. The van der Waals surface area contributed by atoms with Crippen molar-refractivity contribution >= 4 is 0 Å². The van der Waals surface area contributed by atoms with Crippen LogP contribution >= 0.6 is 0 Å². The van der Waals surface area contributed by atoms with Crippen LogP contribution in [0.1, 0.15) is 0 Å². The number of nitrogens with zero attached hydrogens (tertiary/aromatic N) is 4. The Morgan fingerprint density at radius 1 is 0.528 bits per heavy atom. The van der Waals surface area contributed by atoms with Crippen molar-refractivity contribution < 1.29 is 9.47 Å². The van der Waals surface area contributed by atoms with E-state index < -0.39 is 0 Å². The molecule has 3 aromatic carbocycles. The van der Waals surface area contributed by atoms with Gasteiger partial charge in [0, 0.05) is 36.5 Å². The van der Waals surface area contributed by atoms with Gasteiger partial charge in [-0.1, -0.05) is 78.9 Å². The molecule has 0 aliphatic heterocycles. The van der Waals surface area contributed by atoms with E-state index >= 15 is 0 Å². The van der Waals surface area contributed by atoms with Crippen LogP contribution in [0, 0.1) is 0 Å². The van der Waals surface area contributed by atoms with Crippen LogP contribution in [0.3, 0.4) is 0 Å². The van der Waals surface area contributed by atoms with E-state index in [0.29, 0.717) is 26.3 Å². The highest BCUT2D eigenvalue weighted by Gasteiger charge is 2.15. The summed E-state index contributed by atoms with van der Waals surface area (Å²) in [7, 11) is 3.43. The number of hydrogen-bond acceptors (Lipinski definition) is 4. The van der Waals surface area contributed by atoms with E-state index in [9.17, 15) is 0 Å². The van der Waals surface area contributed by atoms with Crippen molar-refractivity contribution in [3.8, 4) is 45.0 Å². The fraction of sp³-hybridized carbons (Fsp3) is 0.200. The molecule has 182 valence electrons. The molecule has 0 radical (unpaired) electrons. The van der Waals surface area contributed by atoms with Crippen molar-refractivity contribution in [2.75, 3.05) is 27.4 Å². The number of methoxy groups -OCH3 is 2. The normalized spacial score (nSPS) is 11.2. The summed E-state index contributed by atoms with van der Waals surface area (Å²) < 4.78 is 14.8. The zero-order chi connectivity index (χ0) is 24.7. The van der Waals surface area contributed by atoms with E-state index in [1.54, 1.807) is 14.2 Å². The van der Waals surface area contributed by atoms with Gasteiger partial charge < -0.3 is 9.47 Å². The van der Waals surface area contributed by atoms with Crippen molar-refractivity contribution in [3.05, 3.63) is 97.1 Å². The third kappa shape index (κ3) is 5.15.